The van der Waals surface area contributed by atoms with Gasteiger partial charge >= 0.3 is 0 Å². The third-order valence-electron chi connectivity index (χ3n) is 4.92. The van der Waals surface area contributed by atoms with Crippen LogP contribution >= 0.6 is 0 Å². The molecule has 1 saturated carbocycles. The molecule has 2 atom stereocenters. The molecule has 0 unspecified atom stereocenters. The second kappa shape index (κ2) is 3.73. The van der Waals surface area contributed by atoms with Crippen molar-refractivity contribution in [1.82, 2.24) is 4.90 Å². The summed E-state index contributed by atoms with van der Waals surface area (Å²) in [7, 11) is 0. The second-order valence-electron chi connectivity index (χ2n) is 8.13. The van der Waals surface area contributed by atoms with E-state index in [-0.39, 0.29) is 0 Å². The molecular weight excluding hydrogens is 194 g/mol. The number of likely N-dealkylation sites (tertiary alicyclic amines) is 1. The van der Waals surface area contributed by atoms with E-state index in [1.165, 1.54) is 25.9 Å². The average molecular weight is 223 g/mol. The Labute approximate surface area is 102 Å². The molecule has 1 aliphatic carbocycles. The molecular formula is C15H29N. The van der Waals surface area contributed by atoms with Crippen LogP contribution in [0.1, 0.15) is 54.4 Å². The number of hydrogen-bond acceptors (Lipinski definition) is 1. The summed E-state index contributed by atoms with van der Waals surface area (Å²) in [6.07, 6.45) is 2.95. The van der Waals surface area contributed by atoms with Gasteiger partial charge in [-0.05, 0) is 56.8 Å². The summed E-state index contributed by atoms with van der Waals surface area (Å²) in [5, 5.41) is 0. The van der Waals surface area contributed by atoms with Crippen LogP contribution in [0.3, 0.4) is 0 Å². The van der Waals surface area contributed by atoms with E-state index in [4.69, 9.17) is 0 Å². The minimum Gasteiger partial charge on any atom is -0.298 e. The molecule has 2 rings (SSSR count). The summed E-state index contributed by atoms with van der Waals surface area (Å²) in [6.45, 7) is 17.0. The molecule has 0 aromatic heterocycles. The predicted molar refractivity (Wildman–Crippen MR) is 70.5 cm³/mol. The van der Waals surface area contributed by atoms with E-state index in [1.807, 2.05) is 0 Å². The number of nitrogens with zero attached hydrogens (tertiary/aromatic N) is 1. The van der Waals surface area contributed by atoms with E-state index in [1.54, 1.807) is 0 Å². The van der Waals surface area contributed by atoms with Crippen molar-refractivity contribution in [1.29, 1.82) is 0 Å². The van der Waals surface area contributed by atoms with Gasteiger partial charge in [-0.3, -0.25) is 4.90 Å². The van der Waals surface area contributed by atoms with Gasteiger partial charge in [-0.25, -0.2) is 0 Å². The zero-order chi connectivity index (χ0) is 12.1. The fraction of sp³-hybridized carbons (Fsp3) is 1.00. The number of rotatable bonds is 0. The molecule has 1 saturated heterocycles. The van der Waals surface area contributed by atoms with E-state index < -0.39 is 0 Å². The number of hydrogen-bond donors (Lipinski definition) is 0. The van der Waals surface area contributed by atoms with Crippen molar-refractivity contribution in [2.75, 3.05) is 13.1 Å². The lowest BCUT2D eigenvalue weighted by Crippen LogP contribution is -2.40. The highest BCUT2D eigenvalue weighted by Crippen LogP contribution is 2.49. The van der Waals surface area contributed by atoms with Gasteiger partial charge in [0.15, 0.2) is 0 Å². The van der Waals surface area contributed by atoms with Crippen LogP contribution in [-0.4, -0.2) is 23.5 Å². The molecule has 1 heterocycles. The van der Waals surface area contributed by atoms with E-state index in [0.29, 0.717) is 11.0 Å². The SMILES string of the molecule is CC(C)(C)C1C[C@@H]2CN(C(C)(C)C)C[C@H]2C1. The van der Waals surface area contributed by atoms with Gasteiger partial charge in [-0.2, -0.15) is 0 Å². The second-order valence-corrected chi connectivity index (χ2v) is 8.13. The maximum Gasteiger partial charge on any atom is 0.0125 e. The highest BCUT2D eigenvalue weighted by molar-refractivity contribution is 4.98. The molecule has 1 nitrogen and oxygen atoms in total. The maximum absolute atomic E-state index is 2.70. The summed E-state index contributed by atoms with van der Waals surface area (Å²) >= 11 is 0. The largest absolute Gasteiger partial charge is 0.298 e. The molecule has 0 spiro atoms. The Morgan fingerprint density at radius 2 is 1.25 bits per heavy atom. The molecule has 0 aromatic carbocycles. The first-order valence-electron chi connectivity index (χ1n) is 6.93. The predicted octanol–water partition coefficient (Wildman–Crippen LogP) is 3.79. The van der Waals surface area contributed by atoms with Crippen molar-refractivity contribution in [3.8, 4) is 0 Å². The van der Waals surface area contributed by atoms with E-state index in [9.17, 15) is 0 Å². The zero-order valence-electron chi connectivity index (χ0n) is 12.0. The van der Waals surface area contributed by atoms with Crippen LogP contribution in [0.2, 0.25) is 0 Å². The van der Waals surface area contributed by atoms with Crippen LogP contribution in [0.15, 0.2) is 0 Å². The number of fused-ring (bicyclic) bond motifs is 1. The van der Waals surface area contributed by atoms with Crippen LogP contribution in [0.25, 0.3) is 0 Å². The van der Waals surface area contributed by atoms with Gasteiger partial charge in [0.1, 0.15) is 0 Å². The van der Waals surface area contributed by atoms with Crippen LogP contribution in [0, 0.1) is 23.2 Å². The summed E-state index contributed by atoms with van der Waals surface area (Å²) < 4.78 is 0. The third kappa shape index (κ3) is 2.30. The monoisotopic (exact) mass is 223 g/mol. The van der Waals surface area contributed by atoms with Crippen molar-refractivity contribution >= 4 is 0 Å². The first kappa shape index (κ1) is 12.4. The van der Waals surface area contributed by atoms with Crippen molar-refractivity contribution < 1.29 is 0 Å². The van der Waals surface area contributed by atoms with Crippen LogP contribution in [0.4, 0.5) is 0 Å². The molecule has 0 bridgehead atoms. The highest BCUT2D eigenvalue weighted by Gasteiger charge is 2.46. The van der Waals surface area contributed by atoms with Gasteiger partial charge in [-0.1, -0.05) is 20.8 Å². The van der Waals surface area contributed by atoms with Crippen LogP contribution in [0.5, 0.6) is 0 Å². The summed E-state index contributed by atoms with van der Waals surface area (Å²) in [6, 6.07) is 0. The van der Waals surface area contributed by atoms with E-state index >= 15 is 0 Å². The molecule has 1 heteroatoms. The summed E-state index contributed by atoms with van der Waals surface area (Å²) in [4.78, 5) is 2.70. The van der Waals surface area contributed by atoms with Crippen LogP contribution in [-0.2, 0) is 0 Å². The molecule has 0 aromatic rings. The Kier molecular flexibility index (Phi) is 2.89. The lowest BCUT2D eigenvalue weighted by Gasteiger charge is -2.34. The molecule has 2 aliphatic rings. The fourth-order valence-electron chi connectivity index (χ4n) is 3.55. The molecule has 1 aliphatic heterocycles. The van der Waals surface area contributed by atoms with Gasteiger partial charge in [0, 0.05) is 18.6 Å². The van der Waals surface area contributed by atoms with Gasteiger partial charge < -0.3 is 0 Å². The average Bonchev–Trinajstić information content (AvgIpc) is 2.53. The Hall–Kier alpha value is -0.0400. The lowest BCUT2D eigenvalue weighted by molar-refractivity contribution is 0.144. The van der Waals surface area contributed by atoms with Crippen molar-refractivity contribution in [3.05, 3.63) is 0 Å². The van der Waals surface area contributed by atoms with Gasteiger partial charge in [-0.15, -0.1) is 0 Å². The zero-order valence-corrected chi connectivity index (χ0v) is 12.0. The molecule has 2 fully saturated rings. The minimum atomic E-state index is 0.377. The topological polar surface area (TPSA) is 3.24 Å². The smallest absolute Gasteiger partial charge is 0.0125 e. The maximum atomic E-state index is 2.70. The van der Waals surface area contributed by atoms with E-state index in [2.05, 4.69) is 46.4 Å². The van der Waals surface area contributed by atoms with E-state index in [0.717, 1.165) is 17.8 Å². The Bertz CT molecular complexity index is 216. The normalized spacial score (nSPS) is 33.4. The molecule has 16 heavy (non-hydrogen) atoms. The lowest BCUT2D eigenvalue weighted by atomic mass is 9.79. The molecule has 94 valence electrons. The van der Waals surface area contributed by atoms with Crippen molar-refractivity contribution in [2.45, 2.75) is 59.9 Å². The van der Waals surface area contributed by atoms with Gasteiger partial charge in [0.05, 0.1) is 0 Å². The van der Waals surface area contributed by atoms with Gasteiger partial charge in [0.25, 0.3) is 0 Å². The third-order valence-corrected chi connectivity index (χ3v) is 4.92. The van der Waals surface area contributed by atoms with Crippen molar-refractivity contribution in [3.63, 3.8) is 0 Å². The Morgan fingerprint density at radius 1 is 0.812 bits per heavy atom. The highest BCUT2D eigenvalue weighted by atomic mass is 15.2. The Balaban J connectivity index is 1.96. The molecule has 0 amide bonds. The van der Waals surface area contributed by atoms with Crippen LogP contribution < -0.4 is 0 Å². The minimum absolute atomic E-state index is 0.377. The first-order valence-corrected chi connectivity index (χ1v) is 6.93. The summed E-state index contributed by atoms with van der Waals surface area (Å²) in [5.74, 6) is 2.94. The molecule has 0 radical (unpaired) electrons. The summed E-state index contributed by atoms with van der Waals surface area (Å²) in [5.41, 5.74) is 0.901. The quantitative estimate of drug-likeness (QED) is 0.604. The fourth-order valence-corrected chi connectivity index (χ4v) is 3.55. The molecule has 0 N–H and O–H groups in total. The van der Waals surface area contributed by atoms with Gasteiger partial charge in [0.2, 0.25) is 0 Å². The first-order chi connectivity index (χ1) is 7.18. The van der Waals surface area contributed by atoms with Crippen molar-refractivity contribution in [2.24, 2.45) is 23.2 Å². The Morgan fingerprint density at radius 3 is 1.56 bits per heavy atom. The standard InChI is InChI=1S/C15H29N/c1-14(2,3)13-7-11-9-16(15(4,5)6)10-12(11)8-13/h11-13H,7-10H2,1-6H3/t11-,12-/m1/s1.